The van der Waals surface area contributed by atoms with Gasteiger partial charge in [0.2, 0.25) is 0 Å². The van der Waals surface area contributed by atoms with E-state index in [0.717, 1.165) is 41.8 Å². The first-order chi connectivity index (χ1) is 10.2. The highest BCUT2D eigenvalue weighted by molar-refractivity contribution is 7.17. The van der Waals surface area contributed by atoms with Crippen molar-refractivity contribution in [3.63, 3.8) is 0 Å². The molecule has 1 fully saturated rings. The van der Waals surface area contributed by atoms with Crippen LogP contribution in [0.15, 0.2) is 41.5 Å². The van der Waals surface area contributed by atoms with E-state index in [4.69, 9.17) is 0 Å². The molecule has 0 aliphatic heterocycles. The number of amides is 1. The lowest BCUT2D eigenvalue weighted by Crippen LogP contribution is -2.17. The van der Waals surface area contributed by atoms with Crippen LogP contribution in [0, 0.1) is 5.82 Å². The van der Waals surface area contributed by atoms with E-state index in [2.05, 4.69) is 10.5 Å². The highest BCUT2D eigenvalue weighted by Crippen LogP contribution is 2.28. The third-order valence-corrected chi connectivity index (χ3v) is 4.59. The zero-order chi connectivity index (χ0) is 14.7. The molecule has 0 radical (unpaired) electrons. The van der Waals surface area contributed by atoms with Gasteiger partial charge in [0.05, 0.1) is 4.88 Å². The fourth-order valence-electron chi connectivity index (χ4n) is 2.31. The standard InChI is InChI=1S/C16H15FN2OS/c17-12-7-5-11(6-8-12)14-9-10-15(21-14)16(20)19-18-13-3-1-2-4-13/h5-10H,1-4H2,(H,19,20). The van der Waals surface area contributed by atoms with Gasteiger partial charge in [0.1, 0.15) is 5.82 Å². The molecule has 5 heteroatoms. The average molecular weight is 302 g/mol. The van der Waals surface area contributed by atoms with E-state index in [-0.39, 0.29) is 11.7 Å². The molecule has 0 unspecified atom stereocenters. The minimum atomic E-state index is -0.263. The summed E-state index contributed by atoms with van der Waals surface area (Å²) in [6.07, 6.45) is 4.27. The Kier molecular flexibility index (Phi) is 4.10. The molecule has 1 aliphatic rings. The van der Waals surface area contributed by atoms with Crippen molar-refractivity contribution >= 4 is 23.0 Å². The van der Waals surface area contributed by atoms with E-state index in [0.29, 0.717) is 4.88 Å². The number of halogens is 1. The molecule has 21 heavy (non-hydrogen) atoms. The molecule has 3 rings (SSSR count). The predicted octanol–water partition coefficient (Wildman–Crippen LogP) is 4.21. The zero-order valence-corrected chi connectivity index (χ0v) is 12.3. The van der Waals surface area contributed by atoms with Gasteiger partial charge in [-0.25, -0.2) is 9.82 Å². The summed E-state index contributed by atoms with van der Waals surface area (Å²) < 4.78 is 12.9. The van der Waals surface area contributed by atoms with Crippen LogP contribution < -0.4 is 5.43 Å². The number of nitrogens with one attached hydrogen (secondary N) is 1. The van der Waals surface area contributed by atoms with Gasteiger partial charge in [-0.3, -0.25) is 4.79 Å². The topological polar surface area (TPSA) is 41.5 Å². The second kappa shape index (κ2) is 6.18. The van der Waals surface area contributed by atoms with Crippen molar-refractivity contribution in [2.45, 2.75) is 25.7 Å². The van der Waals surface area contributed by atoms with Gasteiger partial charge in [-0.1, -0.05) is 12.1 Å². The Bertz CT molecular complexity index is 668. The number of carbonyl (C=O) groups is 1. The van der Waals surface area contributed by atoms with E-state index >= 15 is 0 Å². The number of thiophene rings is 1. The van der Waals surface area contributed by atoms with Gasteiger partial charge in [0, 0.05) is 10.6 Å². The molecule has 1 amide bonds. The van der Waals surface area contributed by atoms with Crippen LogP contribution in [0.3, 0.4) is 0 Å². The lowest BCUT2D eigenvalue weighted by Gasteiger charge is -1.99. The van der Waals surface area contributed by atoms with Gasteiger partial charge < -0.3 is 0 Å². The number of nitrogens with zero attached hydrogens (tertiary/aromatic N) is 1. The van der Waals surface area contributed by atoms with E-state index < -0.39 is 0 Å². The van der Waals surface area contributed by atoms with Crippen LogP contribution in [0.1, 0.15) is 35.4 Å². The molecule has 1 N–H and O–H groups in total. The van der Waals surface area contributed by atoms with Gasteiger partial charge in [-0.15, -0.1) is 11.3 Å². The summed E-state index contributed by atoms with van der Waals surface area (Å²) in [5.74, 6) is -0.451. The maximum Gasteiger partial charge on any atom is 0.281 e. The number of benzene rings is 1. The molecular weight excluding hydrogens is 287 g/mol. The van der Waals surface area contributed by atoms with Crippen molar-refractivity contribution in [3.8, 4) is 10.4 Å². The Morgan fingerprint density at radius 3 is 2.52 bits per heavy atom. The summed E-state index contributed by atoms with van der Waals surface area (Å²) >= 11 is 1.38. The van der Waals surface area contributed by atoms with Crippen molar-refractivity contribution < 1.29 is 9.18 Å². The largest absolute Gasteiger partial charge is 0.281 e. The highest BCUT2D eigenvalue weighted by atomic mass is 32.1. The van der Waals surface area contributed by atoms with Crippen molar-refractivity contribution in [2.75, 3.05) is 0 Å². The summed E-state index contributed by atoms with van der Waals surface area (Å²) in [7, 11) is 0. The molecule has 1 heterocycles. The summed E-state index contributed by atoms with van der Waals surface area (Å²) in [6.45, 7) is 0. The number of hydrogen-bond acceptors (Lipinski definition) is 3. The van der Waals surface area contributed by atoms with Gasteiger partial charge >= 0.3 is 0 Å². The minimum absolute atomic E-state index is 0.187. The SMILES string of the molecule is O=C(NN=C1CCCC1)c1ccc(-c2ccc(F)cc2)s1. The Morgan fingerprint density at radius 1 is 1.10 bits per heavy atom. The fourth-order valence-corrected chi connectivity index (χ4v) is 3.21. The predicted molar refractivity (Wildman–Crippen MR) is 83.1 cm³/mol. The van der Waals surface area contributed by atoms with E-state index in [1.165, 1.54) is 23.5 Å². The second-order valence-electron chi connectivity index (χ2n) is 5.00. The monoisotopic (exact) mass is 302 g/mol. The Hall–Kier alpha value is -2.01. The lowest BCUT2D eigenvalue weighted by molar-refractivity contribution is 0.0958. The van der Waals surface area contributed by atoms with Crippen molar-refractivity contribution in [1.82, 2.24) is 5.43 Å². The minimum Gasteiger partial charge on any atom is -0.266 e. The Morgan fingerprint density at radius 2 is 1.81 bits per heavy atom. The fraction of sp³-hybridized carbons (Fsp3) is 0.250. The molecule has 0 saturated heterocycles. The van der Waals surface area contributed by atoms with E-state index in [1.54, 1.807) is 18.2 Å². The molecule has 108 valence electrons. The summed E-state index contributed by atoms with van der Waals surface area (Å²) in [6, 6.07) is 9.90. The molecule has 0 atom stereocenters. The van der Waals surface area contributed by atoms with Crippen LogP contribution >= 0.6 is 11.3 Å². The second-order valence-corrected chi connectivity index (χ2v) is 6.08. The van der Waals surface area contributed by atoms with Crippen LogP contribution in [0.4, 0.5) is 4.39 Å². The molecule has 3 nitrogen and oxygen atoms in total. The van der Waals surface area contributed by atoms with Gasteiger partial charge in [0.25, 0.3) is 5.91 Å². The van der Waals surface area contributed by atoms with E-state index in [9.17, 15) is 9.18 Å². The van der Waals surface area contributed by atoms with Crippen LogP contribution in [0.2, 0.25) is 0 Å². The quantitative estimate of drug-likeness (QED) is 0.848. The smallest absolute Gasteiger partial charge is 0.266 e. The van der Waals surface area contributed by atoms with Crippen molar-refractivity contribution in [2.24, 2.45) is 5.10 Å². The first-order valence-electron chi connectivity index (χ1n) is 6.94. The molecular formula is C16H15FN2OS. The average Bonchev–Trinajstić information content (AvgIpc) is 3.17. The Labute approximate surface area is 126 Å². The number of carbonyl (C=O) groups excluding carboxylic acids is 1. The summed E-state index contributed by atoms with van der Waals surface area (Å²) in [5, 5.41) is 4.17. The van der Waals surface area contributed by atoms with Crippen molar-refractivity contribution in [3.05, 3.63) is 47.1 Å². The van der Waals surface area contributed by atoms with Crippen LogP contribution in [-0.4, -0.2) is 11.6 Å². The molecule has 1 aromatic heterocycles. The molecule has 0 bridgehead atoms. The molecule has 2 aromatic rings. The molecule has 1 saturated carbocycles. The zero-order valence-electron chi connectivity index (χ0n) is 11.4. The maximum atomic E-state index is 12.9. The number of rotatable bonds is 3. The summed E-state index contributed by atoms with van der Waals surface area (Å²) in [5.41, 5.74) is 4.59. The third-order valence-electron chi connectivity index (χ3n) is 3.45. The summed E-state index contributed by atoms with van der Waals surface area (Å²) in [4.78, 5) is 13.6. The first-order valence-corrected chi connectivity index (χ1v) is 7.75. The van der Waals surface area contributed by atoms with Crippen LogP contribution in [0.5, 0.6) is 0 Å². The molecule has 1 aromatic carbocycles. The van der Waals surface area contributed by atoms with Gasteiger partial charge in [0.15, 0.2) is 0 Å². The normalized spacial score (nSPS) is 14.2. The van der Waals surface area contributed by atoms with E-state index in [1.807, 2.05) is 6.07 Å². The number of hydrogen-bond donors (Lipinski definition) is 1. The van der Waals surface area contributed by atoms with Crippen molar-refractivity contribution in [1.29, 1.82) is 0 Å². The maximum absolute atomic E-state index is 12.9. The highest BCUT2D eigenvalue weighted by Gasteiger charge is 2.12. The Balaban J connectivity index is 1.70. The molecule has 1 aliphatic carbocycles. The van der Waals surface area contributed by atoms with Gasteiger partial charge in [-0.05, 0) is 55.5 Å². The molecule has 0 spiro atoms. The van der Waals surface area contributed by atoms with Crippen LogP contribution in [0.25, 0.3) is 10.4 Å². The first kappa shape index (κ1) is 13.9. The number of hydrazone groups is 1. The lowest BCUT2D eigenvalue weighted by atomic mass is 10.2. The third kappa shape index (κ3) is 3.36. The van der Waals surface area contributed by atoms with Gasteiger partial charge in [-0.2, -0.15) is 5.10 Å². The van der Waals surface area contributed by atoms with Crippen LogP contribution in [-0.2, 0) is 0 Å².